The Hall–Kier alpha value is -2.16. The van der Waals surface area contributed by atoms with Gasteiger partial charge in [0, 0.05) is 0 Å². The van der Waals surface area contributed by atoms with Crippen LogP contribution in [0.15, 0.2) is 42.5 Å². The first kappa shape index (κ1) is 13.3. The maximum Gasteiger partial charge on any atom is 0.338 e. The molecule has 0 aromatic heterocycles. The van der Waals surface area contributed by atoms with E-state index in [1.807, 2.05) is 13.0 Å². The van der Waals surface area contributed by atoms with E-state index in [0.29, 0.717) is 12.2 Å². The van der Waals surface area contributed by atoms with Gasteiger partial charge < -0.3 is 4.74 Å². The minimum absolute atomic E-state index is 0.260. The Morgan fingerprint density at radius 3 is 2.42 bits per heavy atom. The normalized spacial score (nSPS) is 10.3. The zero-order valence-corrected chi connectivity index (χ0v) is 10.9. The number of hydrogen-bond acceptors (Lipinski definition) is 2. The van der Waals surface area contributed by atoms with Gasteiger partial charge in [0.15, 0.2) is 0 Å². The fourth-order valence-electron chi connectivity index (χ4n) is 1.96. The van der Waals surface area contributed by atoms with E-state index in [0.717, 1.165) is 16.7 Å². The Morgan fingerprint density at radius 2 is 1.84 bits per heavy atom. The zero-order chi connectivity index (χ0) is 13.8. The van der Waals surface area contributed by atoms with Crippen molar-refractivity contribution in [3.05, 3.63) is 59.4 Å². The van der Waals surface area contributed by atoms with Crippen LogP contribution < -0.4 is 0 Å². The molecule has 0 spiro atoms. The molecular formula is C16H15FO2. The van der Waals surface area contributed by atoms with Crippen molar-refractivity contribution in [1.82, 2.24) is 0 Å². The van der Waals surface area contributed by atoms with Crippen molar-refractivity contribution in [3.63, 3.8) is 0 Å². The van der Waals surface area contributed by atoms with Crippen molar-refractivity contribution in [3.8, 4) is 11.1 Å². The van der Waals surface area contributed by atoms with E-state index >= 15 is 0 Å². The molecule has 0 saturated carbocycles. The molecule has 0 aliphatic rings. The quantitative estimate of drug-likeness (QED) is 0.778. The largest absolute Gasteiger partial charge is 0.462 e. The van der Waals surface area contributed by atoms with Gasteiger partial charge in [0.2, 0.25) is 0 Å². The van der Waals surface area contributed by atoms with Crippen LogP contribution in [0.3, 0.4) is 0 Å². The Balaban J connectivity index is 2.34. The number of carbonyl (C=O) groups excluding carboxylic acids is 1. The van der Waals surface area contributed by atoms with Crippen molar-refractivity contribution in [2.45, 2.75) is 13.8 Å². The van der Waals surface area contributed by atoms with E-state index in [4.69, 9.17) is 4.74 Å². The molecule has 0 saturated heterocycles. The van der Waals surface area contributed by atoms with Gasteiger partial charge in [-0.15, -0.1) is 0 Å². The second-order valence-electron chi connectivity index (χ2n) is 4.26. The van der Waals surface area contributed by atoms with Crippen LogP contribution in [0.25, 0.3) is 11.1 Å². The first-order valence-corrected chi connectivity index (χ1v) is 6.15. The third kappa shape index (κ3) is 2.99. The minimum Gasteiger partial charge on any atom is -0.462 e. The molecule has 0 radical (unpaired) electrons. The predicted molar refractivity (Wildman–Crippen MR) is 72.5 cm³/mol. The maximum atomic E-state index is 12.9. The smallest absolute Gasteiger partial charge is 0.338 e. The topological polar surface area (TPSA) is 26.3 Å². The molecule has 0 N–H and O–H groups in total. The number of esters is 1. The fraction of sp³-hybridized carbons (Fsp3) is 0.188. The van der Waals surface area contributed by atoms with Gasteiger partial charge >= 0.3 is 5.97 Å². The molecule has 0 unspecified atom stereocenters. The van der Waals surface area contributed by atoms with Gasteiger partial charge in [0.1, 0.15) is 5.82 Å². The highest BCUT2D eigenvalue weighted by molar-refractivity contribution is 5.90. The predicted octanol–water partition coefficient (Wildman–Crippen LogP) is 3.98. The summed E-state index contributed by atoms with van der Waals surface area (Å²) < 4.78 is 17.9. The minimum atomic E-state index is -0.323. The lowest BCUT2D eigenvalue weighted by atomic mass is 9.98. The Labute approximate surface area is 111 Å². The van der Waals surface area contributed by atoms with Crippen LogP contribution >= 0.6 is 0 Å². The average Bonchev–Trinajstić information content (AvgIpc) is 2.40. The van der Waals surface area contributed by atoms with Crippen molar-refractivity contribution >= 4 is 5.97 Å². The highest BCUT2D eigenvalue weighted by atomic mass is 19.1. The number of ether oxygens (including phenoxy) is 1. The average molecular weight is 258 g/mol. The Bertz CT molecular complexity index is 588. The van der Waals surface area contributed by atoms with E-state index in [9.17, 15) is 9.18 Å². The van der Waals surface area contributed by atoms with Crippen LogP contribution in [0.1, 0.15) is 22.8 Å². The monoisotopic (exact) mass is 258 g/mol. The highest BCUT2D eigenvalue weighted by Crippen LogP contribution is 2.24. The lowest BCUT2D eigenvalue weighted by molar-refractivity contribution is 0.0526. The summed E-state index contributed by atoms with van der Waals surface area (Å²) in [7, 11) is 0. The third-order valence-corrected chi connectivity index (χ3v) is 2.89. The molecule has 3 heteroatoms. The maximum absolute atomic E-state index is 12.9. The molecular weight excluding hydrogens is 243 g/mol. The van der Waals surface area contributed by atoms with E-state index in [1.54, 1.807) is 31.2 Å². The molecule has 0 heterocycles. The summed E-state index contributed by atoms with van der Waals surface area (Å²) in [6.45, 7) is 4.05. The summed E-state index contributed by atoms with van der Waals surface area (Å²) in [5, 5.41) is 0. The molecule has 0 fully saturated rings. The summed E-state index contributed by atoms with van der Waals surface area (Å²) in [6.07, 6.45) is 0. The second-order valence-corrected chi connectivity index (χ2v) is 4.26. The number of benzene rings is 2. The van der Waals surface area contributed by atoms with Gasteiger partial charge in [0.25, 0.3) is 0 Å². The molecule has 19 heavy (non-hydrogen) atoms. The molecule has 2 nitrogen and oxygen atoms in total. The van der Waals surface area contributed by atoms with Crippen LogP contribution in [0.5, 0.6) is 0 Å². The van der Waals surface area contributed by atoms with E-state index in [-0.39, 0.29) is 11.8 Å². The lowest BCUT2D eigenvalue weighted by Gasteiger charge is -2.08. The molecule has 0 atom stereocenters. The molecule has 0 aliphatic heterocycles. The molecule has 2 rings (SSSR count). The number of carbonyl (C=O) groups is 1. The summed E-state index contributed by atoms with van der Waals surface area (Å²) >= 11 is 0. The second kappa shape index (κ2) is 5.65. The standard InChI is InChI=1S/C16H15FO2/c1-3-19-16(18)13-6-9-15(11(2)10-13)12-4-7-14(17)8-5-12/h4-10H,3H2,1-2H3. The lowest BCUT2D eigenvalue weighted by Crippen LogP contribution is -2.04. The van der Waals surface area contributed by atoms with E-state index in [2.05, 4.69) is 0 Å². The van der Waals surface area contributed by atoms with Crippen molar-refractivity contribution in [2.75, 3.05) is 6.61 Å². The van der Waals surface area contributed by atoms with Gasteiger partial charge in [-0.1, -0.05) is 18.2 Å². The molecule has 0 aliphatic carbocycles. The number of rotatable bonds is 3. The van der Waals surface area contributed by atoms with Crippen LogP contribution in [0.4, 0.5) is 4.39 Å². The molecule has 0 bridgehead atoms. The summed E-state index contributed by atoms with van der Waals surface area (Å²) in [6, 6.07) is 11.7. The number of halogens is 1. The van der Waals surface area contributed by atoms with Crippen LogP contribution in [0, 0.1) is 12.7 Å². The van der Waals surface area contributed by atoms with Gasteiger partial charge in [-0.2, -0.15) is 0 Å². The fourth-order valence-corrected chi connectivity index (χ4v) is 1.96. The molecule has 2 aromatic rings. The number of aryl methyl sites for hydroxylation is 1. The Morgan fingerprint density at radius 1 is 1.16 bits per heavy atom. The van der Waals surface area contributed by atoms with Gasteiger partial charge in [-0.3, -0.25) is 0 Å². The summed E-state index contributed by atoms with van der Waals surface area (Å²) in [5.41, 5.74) is 3.39. The summed E-state index contributed by atoms with van der Waals surface area (Å²) in [5.74, 6) is -0.583. The molecule has 98 valence electrons. The molecule has 2 aromatic carbocycles. The van der Waals surface area contributed by atoms with Gasteiger partial charge in [-0.25, -0.2) is 9.18 Å². The van der Waals surface area contributed by atoms with Crippen LogP contribution in [0.2, 0.25) is 0 Å². The van der Waals surface area contributed by atoms with Crippen molar-refractivity contribution in [2.24, 2.45) is 0 Å². The number of hydrogen-bond donors (Lipinski definition) is 0. The zero-order valence-electron chi connectivity index (χ0n) is 10.9. The van der Waals surface area contributed by atoms with Gasteiger partial charge in [0.05, 0.1) is 12.2 Å². The van der Waals surface area contributed by atoms with Crippen molar-refractivity contribution < 1.29 is 13.9 Å². The SMILES string of the molecule is CCOC(=O)c1ccc(-c2ccc(F)cc2)c(C)c1. The third-order valence-electron chi connectivity index (χ3n) is 2.89. The van der Waals surface area contributed by atoms with Gasteiger partial charge in [-0.05, 0) is 54.8 Å². The van der Waals surface area contributed by atoms with Crippen LogP contribution in [-0.2, 0) is 4.74 Å². The van der Waals surface area contributed by atoms with E-state index < -0.39 is 0 Å². The van der Waals surface area contributed by atoms with Crippen LogP contribution in [-0.4, -0.2) is 12.6 Å². The highest BCUT2D eigenvalue weighted by Gasteiger charge is 2.09. The van der Waals surface area contributed by atoms with Crippen molar-refractivity contribution in [1.29, 1.82) is 0 Å². The molecule has 0 amide bonds. The Kier molecular flexibility index (Phi) is 3.95. The first-order chi connectivity index (χ1) is 9.11. The van der Waals surface area contributed by atoms with E-state index in [1.165, 1.54) is 12.1 Å². The first-order valence-electron chi connectivity index (χ1n) is 6.15. The summed E-state index contributed by atoms with van der Waals surface area (Å²) in [4.78, 5) is 11.6.